The molecule has 1 heterocycles. The van der Waals surface area contributed by atoms with Crippen LogP contribution in [0.5, 0.6) is 0 Å². The van der Waals surface area contributed by atoms with Crippen LogP contribution >= 0.6 is 23.2 Å². The number of anilines is 1. The quantitative estimate of drug-likeness (QED) is 0.813. The van der Waals surface area contributed by atoms with E-state index in [1.807, 2.05) is 0 Å². The van der Waals surface area contributed by atoms with E-state index in [1.165, 1.54) is 12.1 Å². The predicted molar refractivity (Wildman–Crippen MR) is 59.3 cm³/mol. The summed E-state index contributed by atoms with van der Waals surface area (Å²) in [6, 6.07) is 3.31. The molecule has 5 heteroatoms. The highest BCUT2D eigenvalue weighted by molar-refractivity contribution is 6.35. The Morgan fingerprint density at radius 1 is 1.33 bits per heavy atom. The summed E-state index contributed by atoms with van der Waals surface area (Å²) in [5, 5.41) is 3.25. The molecule has 1 saturated heterocycles. The Kier molecular flexibility index (Phi) is 3.34. The van der Waals surface area contributed by atoms with Gasteiger partial charge in [0.1, 0.15) is 0 Å². The lowest BCUT2D eigenvalue weighted by molar-refractivity contribution is 0.195. The molecule has 1 atom stereocenters. The fourth-order valence-corrected chi connectivity index (χ4v) is 2.01. The summed E-state index contributed by atoms with van der Waals surface area (Å²) in [4.78, 5) is 0. The zero-order chi connectivity index (χ0) is 10.8. The van der Waals surface area contributed by atoms with Crippen LogP contribution in [0.2, 0.25) is 10.0 Å². The maximum absolute atomic E-state index is 13.1. The average molecular weight is 250 g/mol. The lowest BCUT2D eigenvalue weighted by Gasteiger charge is -2.13. The van der Waals surface area contributed by atoms with E-state index in [0.717, 1.165) is 18.7 Å². The van der Waals surface area contributed by atoms with E-state index in [1.54, 1.807) is 0 Å². The Hall–Kier alpha value is -0.510. The topological polar surface area (TPSA) is 21.3 Å². The summed E-state index contributed by atoms with van der Waals surface area (Å²) in [7, 11) is 0. The van der Waals surface area contributed by atoms with E-state index in [4.69, 9.17) is 27.9 Å². The molecule has 0 radical (unpaired) electrons. The van der Waals surface area contributed by atoms with Gasteiger partial charge in [-0.25, -0.2) is 4.39 Å². The number of hydrogen-bond acceptors (Lipinski definition) is 2. The molecule has 2 rings (SSSR count). The second-order valence-corrected chi connectivity index (χ2v) is 4.27. The zero-order valence-corrected chi connectivity index (χ0v) is 9.41. The molecule has 1 aromatic carbocycles. The van der Waals surface area contributed by atoms with Crippen molar-refractivity contribution in [3.8, 4) is 0 Å². The van der Waals surface area contributed by atoms with Crippen molar-refractivity contribution in [1.82, 2.24) is 0 Å². The van der Waals surface area contributed by atoms with Gasteiger partial charge in [0.2, 0.25) is 0 Å². The molecule has 82 valence electrons. The first-order chi connectivity index (χ1) is 7.16. The monoisotopic (exact) mass is 249 g/mol. The molecule has 0 amide bonds. The van der Waals surface area contributed by atoms with Crippen molar-refractivity contribution in [2.75, 3.05) is 18.5 Å². The summed E-state index contributed by atoms with van der Waals surface area (Å²) in [5.74, 6) is -0.577. The normalized spacial score (nSPS) is 20.6. The summed E-state index contributed by atoms with van der Waals surface area (Å²) < 4.78 is 18.3. The second kappa shape index (κ2) is 4.56. The smallest absolute Gasteiger partial charge is 0.160 e. The molecule has 1 aliphatic heterocycles. The fraction of sp³-hybridized carbons (Fsp3) is 0.400. The Morgan fingerprint density at radius 2 is 2.00 bits per heavy atom. The number of halogens is 3. The van der Waals surface area contributed by atoms with Gasteiger partial charge in [-0.05, 0) is 18.6 Å². The van der Waals surface area contributed by atoms with Gasteiger partial charge in [-0.2, -0.15) is 0 Å². The second-order valence-electron chi connectivity index (χ2n) is 3.46. The third-order valence-corrected chi connectivity index (χ3v) is 2.83. The molecule has 1 fully saturated rings. The zero-order valence-electron chi connectivity index (χ0n) is 7.90. The SMILES string of the molecule is Fc1c(Cl)cc(NC2CCOC2)cc1Cl. The van der Waals surface area contributed by atoms with Gasteiger partial charge < -0.3 is 10.1 Å². The molecule has 1 aromatic rings. The van der Waals surface area contributed by atoms with E-state index < -0.39 is 5.82 Å². The van der Waals surface area contributed by atoms with Gasteiger partial charge in [-0.15, -0.1) is 0 Å². The van der Waals surface area contributed by atoms with Crippen LogP contribution < -0.4 is 5.32 Å². The average Bonchev–Trinajstić information content (AvgIpc) is 2.66. The van der Waals surface area contributed by atoms with Crippen LogP contribution in [-0.2, 0) is 4.74 Å². The van der Waals surface area contributed by atoms with Crippen molar-refractivity contribution in [1.29, 1.82) is 0 Å². The number of hydrogen-bond donors (Lipinski definition) is 1. The highest BCUT2D eigenvalue weighted by Crippen LogP contribution is 2.28. The van der Waals surface area contributed by atoms with E-state index in [2.05, 4.69) is 5.32 Å². The summed E-state index contributed by atoms with van der Waals surface area (Å²) >= 11 is 11.3. The standard InChI is InChI=1S/C10H10Cl2FNO/c11-8-3-7(4-9(12)10(8)13)14-6-1-2-15-5-6/h3-4,6,14H,1-2,5H2. The van der Waals surface area contributed by atoms with Crippen LogP contribution in [0.4, 0.5) is 10.1 Å². The molecular weight excluding hydrogens is 240 g/mol. The Bertz CT molecular complexity index is 343. The van der Waals surface area contributed by atoms with Crippen LogP contribution in [-0.4, -0.2) is 19.3 Å². The van der Waals surface area contributed by atoms with E-state index in [-0.39, 0.29) is 16.1 Å². The van der Waals surface area contributed by atoms with Gasteiger partial charge in [0.25, 0.3) is 0 Å². The first-order valence-electron chi connectivity index (χ1n) is 4.65. The van der Waals surface area contributed by atoms with Crippen molar-refractivity contribution in [3.63, 3.8) is 0 Å². The van der Waals surface area contributed by atoms with Crippen LogP contribution in [0.1, 0.15) is 6.42 Å². The predicted octanol–water partition coefficient (Wildman–Crippen LogP) is 3.33. The minimum Gasteiger partial charge on any atom is -0.380 e. The van der Waals surface area contributed by atoms with Gasteiger partial charge >= 0.3 is 0 Å². The maximum Gasteiger partial charge on any atom is 0.160 e. The first-order valence-corrected chi connectivity index (χ1v) is 5.41. The maximum atomic E-state index is 13.1. The molecule has 0 spiro atoms. The highest BCUT2D eigenvalue weighted by Gasteiger charge is 2.16. The largest absolute Gasteiger partial charge is 0.380 e. The van der Waals surface area contributed by atoms with Crippen molar-refractivity contribution < 1.29 is 9.13 Å². The Morgan fingerprint density at radius 3 is 2.53 bits per heavy atom. The van der Waals surface area contributed by atoms with Crippen LogP contribution in [0.15, 0.2) is 12.1 Å². The number of benzene rings is 1. The lowest BCUT2D eigenvalue weighted by Crippen LogP contribution is -2.18. The summed E-state index contributed by atoms with van der Waals surface area (Å²) in [6.45, 7) is 1.41. The molecule has 2 nitrogen and oxygen atoms in total. The molecule has 0 aromatic heterocycles. The van der Waals surface area contributed by atoms with Crippen molar-refractivity contribution in [2.45, 2.75) is 12.5 Å². The number of ether oxygens (including phenoxy) is 1. The van der Waals surface area contributed by atoms with Gasteiger partial charge in [0, 0.05) is 12.3 Å². The lowest BCUT2D eigenvalue weighted by atomic mass is 10.2. The van der Waals surface area contributed by atoms with Gasteiger partial charge in [0.15, 0.2) is 5.82 Å². The highest BCUT2D eigenvalue weighted by atomic mass is 35.5. The van der Waals surface area contributed by atoms with Crippen molar-refractivity contribution >= 4 is 28.9 Å². The van der Waals surface area contributed by atoms with Crippen molar-refractivity contribution in [3.05, 3.63) is 28.0 Å². The van der Waals surface area contributed by atoms with Gasteiger partial charge in [-0.1, -0.05) is 23.2 Å². The Labute approximate surface area is 97.3 Å². The third kappa shape index (κ3) is 2.54. The van der Waals surface area contributed by atoms with Crippen molar-refractivity contribution in [2.24, 2.45) is 0 Å². The van der Waals surface area contributed by atoms with Crippen LogP contribution in [0, 0.1) is 5.82 Å². The Balaban J connectivity index is 2.14. The third-order valence-electron chi connectivity index (χ3n) is 2.28. The number of nitrogens with one attached hydrogen (secondary N) is 1. The minimum absolute atomic E-state index is 0.0314. The van der Waals surface area contributed by atoms with Crippen LogP contribution in [0.3, 0.4) is 0 Å². The van der Waals surface area contributed by atoms with E-state index in [0.29, 0.717) is 6.61 Å². The number of rotatable bonds is 2. The van der Waals surface area contributed by atoms with E-state index >= 15 is 0 Å². The van der Waals surface area contributed by atoms with Crippen LogP contribution in [0.25, 0.3) is 0 Å². The summed E-state index contributed by atoms with van der Waals surface area (Å²) in [6.07, 6.45) is 0.937. The molecule has 0 bridgehead atoms. The molecule has 1 aliphatic rings. The fourth-order valence-electron chi connectivity index (χ4n) is 1.52. The molecular formula is C10H10Cl2FNO. The summed E-state index contributed by atoms with van der Waals surface area (Å²) in [5.41, 5.74) is 0.724. The molecule has 15 heavy (non-hydrogen) atoms. The molecule has 1 unspecified atom stereocenters. The minimum atomic E-state index is -0.577. The first kappa shape index (κ1) is 11.0. The molecule has 0 saturated carbocycles. The molecule has 1 N–H and O–H groups in total. The van der Waals surface area contributed by atoms with Gasteiger partial charge in [0.05, 0.1) is 22.7 Å². The van der Waals surface area contributed by atoms with Gasteiger partial charge in [-0.3, -0.25) is 0 Å². The molecule has 0 aliphatic carbocycles. The van der Waals surface area contributed by atoms with E-state index in [9.17, 15) is 4.39 Å².